The summed E-state index contributed by atoms with van der Waals surface area (Å²) in [6.45, 7) is 3.64. The second-order valence-corrected chi connectivity index (χ2v) is 5.15. The van der Waals surface area contributed by atoms with Crippen molar-refractivity contribution in [1.82, 2.24) is 4.98 Å². The normalized spacial score (nSPS) is 17.0. The summed E-state index contributed by atoms with van der Waals surface area (Å²) < 4.78 is 5.19. The Morgan fingerprint density at radius 1 is 1.65 bits per heavy atom. The number of rotatable bonds is 7. The van der Waals surface area contributed by atoms with Crippen molar-refractivity contribution in [1.29, 1.82) is 0 Å². The first kappa shape index (κ1) is 14.6. The molecule has 0 radical (unpaired) electrons. The van der Waals surface area contributed by atoms with E-state index in [1.54, 1.807) is 19.4 Å². The highest BCUT2D eigenvalue weighted by Crippen LogP contribution is 2.36. The van der Waals surface area contributed by atoms with Gasteiger partial charge in [0.05, 0.1) is 6.61 Å². The van der Waals surface area contributed by atoms with Gasteiger partial charge in [0.1, 0.15) is 5.82 Å². The van der Waals surface area contributed by atoms with Crippen LogP contribution >= 0.6 is 0 Å². The van der Waals surface area contributed by atoms with Gasteiger partial charge in [-0.15, -0.1) is 0 Å². The summed E-state index contributed by atoms with van der Waals surface area (Å²) in [6, 6.07) is 4.00. The zero-order valence-electron chi connectivity index (χ0n) is 12.0. The van der Waals surface area contributed by atoms with Crippen molar-refractivity contribution in [3.63, 3.8) is 0 Å². The van der Waals surface area contributed by atoms with Crippen LogP contribution in [0.4, 0.5) is 5.82 Å². The molecule has 1 heterocycles. The Bertz CT molecular complexity index is 474. The predicted molar refractivity (Wildman–Crippen MR) is 78.2 cm³/mol. The summed E-state index contributed by atoms with van der Waals surface area (Å²) in [6.07, 6.45) is 4.22. The van der Waals surface area contributed by atoms with Gasteiger partial charge in [0.15, 0.2) is 5.84 Å². The van der Waals surface area contributed by atoms with E-state index in [0.717, 1.165) is 18.3 Å². The van der Waals surface area contributed by atoms with Gasteiger partial charge < -0.3 is 20.6 Å². The Hall–Kier alpha value is -1.82. The minimum Gasteiger partial charge on any atom is -0.409 e. The first-order chi connectivity index (χ1) is 9.67. The fourth-order valence-corrected chi connectivity index (χ4v) is 2.34. The third kappa shape index (κ3) is 3.39. The maximum absolute atomic E-state index is 8.78. The molecule has 0 saturated heterocycles. The standard InChI is InChI=1S/C14H22N4O2/c1-10(11-3-4-11)18(7-8-20-2)13-9-12(5-6-16-13)14(15)17-19/h5-6,9-11,19H,3-4,7-8H2,1-2H3,(H2,15,17). The molecule has 1 aromatic heterocycles. The molecule has 3 N–H and O–H groups in total. The molecular formula is C14H22N4O2. The molecule has 1 fully saturated rings. The van der Waals surface area contributed by atoms with Crippen LogP contribution in [0.2, 0.25) is 0 Å². The quantitative estimate of drug-likeness (QED) is 0.341. The molecule has 6 nitrogen and oxygen atoms in total. The van der Waals surface area contributed by atoms with Crippen LogP contribution in [-0.4, -0.2) is 42.3 Å². The van der Waals surface area contributed by atoms with E-state index in [-0.39, 0.29) is 5.84 Å². The van der Waals surface area contributed by atoms with Gasteiger partial charge in [-0.2, -0.15) is 0 Å². The summed E-state index contributed by atoms with van der Waals surface area (Å²) in [5.41, 5.74) is 6.31. The fraction of sp³-hybridized carbons (Fsp3) is 0.571. The van der Waals surface area contributed by atoms with Crippen molar-refractivity contribution in [2.24, 2.45) is 16.8 Å². The summed E-state index contributed by atoms with van der Waals surface area (Å²) in [5.74, 6) is 1.66. The van der Waals surface area contributed by atoms with Crippen molar-refractivity contribution >= 4 is 11.7 Å². The lowest BCUT2D eigenvalue weighted by Gasteiger charge is -2.30. The van der Waals surface area contributed by atoms with E-state index < -0.39 is 0 Å². The smallest absolute Gasteiger partial charge is 0.170 e. The Morgan fingerprint density at radius 3 is 3.00 bits per heavy atom. The molecule has 20 heavy (non-hydrogen) atoms. The maximum Gasteiger partial charge on any atom is 0.170 e. The van der Waals surface area contributed by atoms with Crippen LogP contribution in [0.3, 0.4) is 0 Å². The van der Waals surface area contributed by atoms with E-state index in [1.807, 2.05) is 6.07 Å². The number of nitrogens with zero attached hydrogens (tertiary/aromatic N) is 3. The number of nitrogens with two attached hydrogens (primary N) is 1. The highest BCUT2D eigenvalue weighted by Gasteiger charge is 2.32. The van der Waals surface area contributed by atoms with Crippen molar-refractivity contribution in [3.05, 3.63) is 23.9 Å². The molecule has 0 aliphatic heterocycles. The van der Waals surface area contributed by atoms with Crippen molar-refractivity contribution < 1.29 is 9.94 Å². The zero-order chi connectivity index (χ0) is 14.5. The highest BCUT2D eigenvalue weighted by molar-refractivity contribution is 5.97. The molecule has 1 saturated carbocycles. The molecular weight excluding hydrogens is 256 g/mol. The number of amidine groups is 1. The lowest BCUT2D eigenvalue weighted by molar-refractivity contribution is 0.202. The van der Waals surface area contributed by atoms with E-state index >= 15 is 0 Å². The molecule has 6 heteroatoms. The van der Waals surface area contributed by atoms with E-state index in [1.165, 1.54) is 12.8 Å². The monoisotopic (exact) mass is 278 g/mol. The number of methoxy groups -OCH3 is 1. The lowest BCUT2D eigenvalue weighted by Crippen LogP contribution is -2.38. The lowest BCUT2D eigenvalue weighted by atomic mass is 10.1. The van der Waals surface area contributed by atoms with Gasteiger partial charge in [0, 0.05) is 31.5 Å². The number of aromatic nitrogens is 1. The van der Waals surface area contributed by atoms with Crippen molar-refractivity contribution in [2.45, 2.75) is 25.8 Å². The number of hydrogen-bond donors (Lipinski definition) is 2. The van der Waals surface area contributed by atoms with Gasteiger partial charge in [0.2, 0.25) is 0 Å². The van der Waals surface area contributed by atoms with Gasteiger partial charge in [-0.3, -0.25) is 0 Å². The molecule has 2 rings (SSSR count). The molecule has 1 aliphatic carbocycles. The molecule has 1 aliphatic rings. The number of pyridine rings is 1. The number of ether oxygens (including phenoxy) is 1. The van der Waals surface area contributed by atoms with Gasteiger partial charge >= 0.3 is 0 Å². The molecule has 1 aromatic rings. The Balaban J connectivity index is 2.22. The number of hydrogen-bond acceptors (Lipinski definition) is 5. The maximum atomic E-state index is 8.78. The predicted octanol–water partition coefficient (Wildman–Crippen LogP) is 1.43. The van der Waals surface area contributed by atoms with Crippen LogP contribution in [-0.2, 0) is 4.74 Å². The molecule has 0 bridgehead atoms. The second kappa shape index (κ2) is 6.56. The van der Waals surface area contributed by atoms with Crippen LogP contribution in [0, 0.1) is 5.92 Å². The van der Waals surface area contributed by atoms with Gasteiger partial charge in [0.25, 0.3) is 0 Å². The molecule has 110 valence electrons. The van der Waals surface area contributed by atoms with Crippen LogP contribution in [0.5, 0.6) is 0 Å². The molecule has 0 spiro atoms. The van der Waals surface area contributed by atoms with Crippen molar-refractivity contribution in [3.8, 4) is 0 Å². The summed E-state index contributed by atoms with van der Waals surface area (Å²) >= 11 is 0. The Labute approximate surface area is 119 Å². The largest absolute Gasteiger partial charge is 0.409 e. The second-order valence-electron chi connectivity index (χ2n) is 5.15. The minimum absolute atomic E-state index is 0.0967. The van der Waals surface area contributed by atoms with Crippen LogP contribution < -0.4 is 10.6 Å². The number of oxime groups is 1. The van der Waals surface area contributed by atoms with Gasteiger partial charge in [-0.05, 0) is 37.8 Å². The van der Waals surface area contributed by atoms with Crippen LogP contribution in [0.15, 0.2) is 23.5 Å². The summed E-state index contributed by atoms with van der Waals surface area (Å²) in [7, 11) is 1.69. The number of anilines is 1. The van der Waals surface area contributed by atoms with Crippen LogP contribution in [0.25, 0.3) is 0 Å². The first-order valence-corrected chi connectivity index (χ1v) is 6.87. The van der Waals surface area contributed by atoms with E-state index in [9.17, 15) is 0 Å². The van der Waals surface area contributed by atoms with Crippen molar-refractivity contribution in [2.75, 3.05) is 25.2 Å². The SMILES string of the molecule is COCCN(c1cc(C(N)=NO)ccn1)C(C)C1CC1. The molecule has 1 atom stereocenters. The fourth-order valence-electron chi connectivity index (χ4n) is 2.34. The van der Waals surface area contributed by atoms with E-state index in [2.05, 4.69) is 22.0 Å². The van der Waals surface area contributed by atoms with Crippen LogP contribution in [0.1, 0.15) is 25.3 Å². The van der Waals surface area contributed by atoms with Gasteiger partial charge in [-0.25, -0.2) is 4.98 Å². The van der Waals surface area contributed by atoms with Gasteiger partial charge in [-0.1, -0.05) is 5.16 Å². The first-order valence-electron chi connectivity index (χ1n) is 6.87. The third-order valence-electron chi connectivity index (χ3n) is 3.78. The molecule has 0 aromatic carbocycles. The average Bonchev–Trinajstić information content (AvgIpc) is 3.31. The minimum atomic E-state index is 0.0967. The average molecular weight is 278 g/mol. The van der Waals surface area contributed by atoms with E-state index in [4.69, 9.17) is 15.7 Å². The molecule has 1 unspecified atom stereocenters. The topological polar surface area (TPSA) is 84.0 Å². The highest BCUT2D eigenvalue weighted by atomic mass is 16.5. The zero-order valence-corrected chi connectivity index (χ0v) is 12.0. The Morgan fingerprint density at radius 2 is 2.40 bits per heavy atom. The van der Waals surface area contributed by atoms with E-state index in [0.29, 0.717) is 18.2 Å². The molecule has 0 amide bonds. The Kier molecular flexibility index (Phi) is 4.79. The summed E-state index contributed by atoms with van der Waals surface area (Å²) in [5, 5.41) is 11.8. The third-order valence-corrected chi connectivity index (χ3v) is 3.78. The summed E-state index contributed by atoms with van der Waals surface area (Å²) in [4.78, 5) is 6.65.